The summed E-state index contributed by atoms with van der Waals surface area (Å²) in [6.07, 6.45) is -0.772. The molecule has 0 aliphatic heterocycles. The van der Waals surface area contributed by atoms with Gasteiger partial charge in [0.2, 0.25) is 0 Å². The number of benzene rings is 2. The second kappa shape index (κ2) is 8.83. The Morgan fingerprint density at radius 2 is 2.04 bits per heavy atom. The van der Waals surface area contributed by atoms with Gasteiger partial charge in [0.05, 0.1) is 18.1 Å². The molecule has 0 saturated heterocycles. The van der Waals surface area contributed by atoms with Crippen molar-refractivity contribution in [1.29, 1.82) is 0 Å². The van der Waals surface area contributed by atoms with Crippen molar-refractivity contribution in [1.82, 2.24) is 20.5 Å². The summed E-state index contributed by atoms with van der Waals surface area (Å²) in [6.45, 7) is 1.77. The molecule has 28 heavy (non-hydrogen) atoms. The van der Waals surface area contributed by atoms with Gasteiger partial charge in [-0.1, -0.05) is 0 Å². The summed E-state index contributed by atoms with van der Waals surface area (Å²) in [7, 11) is 1.60. The van der Waals surface area contributed by atoms with Gasteiger partial charge in [0, 0.05) is 5.56 Å². The number of carbonyl (C=O) groups is 1. The van der Waals surface area contributed by atoms with E-state index in [9.17, 15) is 9.18 Å². The Balaban J connectivity index is 1.56. The van der Waals surface area contributed by atoms with E-state index in [-0.39, 0.29) is 12.5 Å². The number of ether oxygens (including phenoxy) is 2. The number of halogens is 2. The lowest BCUT2D eigenvalue weighted by atomic mass is 10.2. The van der Waals surface area contributed by atoms with Crippen molar-refractivity contribution < 1.29 is 18.7 Å². The van der Waals surface area contributed by atoms with E-state index in [0.717, 1.165) is 11.3 Å². The van der Waals surface area contributed by atoms with E-state index in [1.54, 1.807) is 14.0 Å². The average Bonchev–Trinajstić information content (AvgIpc) is 3.17. The number of hydrogen-bond acceptors (Lipinski definition) is 5. The summed E-state index contributed by atoms with van der Waals surface area (Å²) >= 11 is 3.21. The summed E-state index contributed by atoms with van der Waals surface area (Å²) in [5.74, 6) is 1.42. The molecule has 1 aromatic heterocycles. The highest BCUT2D eigenvalue weighted by atomic mass is 79.9. The fourth-order valence-electron chi connectivity index (χ4n) is 2.37. The molecule has 0 radical (unpaired) electrons. The van der Waals surface area contributed by atoms with Gasteiger partial charge in [-0.05, 0) is 65.3 Å². The normalized spacial score (nSPS) is 11.7. The fourth-order valence-corrected chi connectivity index (χ4v) is 2.82. The number of hydrogen-bond donors (Lipinski definition) is 2. The average molecular weight is 449 g/mol. The van der Waals surface area contributed by atoms with Crippen LogP contribution in [0.15, 0.2) is 46.9 Å². The first-order chi connectivity index (χ1) is 13.5. The minimum atomic E-state index is -0.772. The second-order valence-corrected chi connectivity index (χ2v) is 6.74. The Bertz CT molecular complexity index is 962. The Morgan fingerprint density at radius 3 is 2.71 bits per heavy atom. The van der Waals surface area contributed by atoms with E-state index in [2.05, 4.69) is 36.4 Å². The highest BCUT2D eigenvalue weighted by Crippen LogP contribution is 2.26. The Labute approximate surface area is 169 Å². The van der Waals surface area contributed by atoms with Gasteiger partial charge in [-0.15, -0.1) is 0 Å². The third-order valence-electron chi connectivity index (χ3n) is 3.88. The zero-order valence-corrected chi connectivity index (χ0v) is 16.8. The summed E-state index contributed by atoms with van der Waals surface area (Å²) < 4.78 is 24.3. The summed E-state index contributed by atoms with van der Waals surface area (Å²) in [4.78, 5) is 16.6. The molecule has 1 heterocycles. The van der Waals surface area contributed by atoms with Crippen LogP contribution in [-0.2, 0) is 11.3 Å². The third-order valence-corrected chi connectivity index (χ3v) is 4.50. The summed E-state index contributed by atoms with van der Waals surface area (Å²) in [6, 6.07) is 11.3. The van der Waals surface area contributed by atoms with Crippen LogP contribution in [0.25, 0.3) is 11.4 Å². The molecule has 0 aliphatic carbocycles. The lowest BCUT2D eigenvalue weighted by Crippen LogP contribution is -2.36. The molecule has 1 atom stereocenters. The monoisotopic (exact) mass is 448 g/mol. The van der Waals surface area contributed by atoms with Crippen LogP contribution in [0.5, 0.6) is 11.5 Å². The highest BCUT2D eigenvalue weighted by Gasteiger charge is 2.17. The van der Waals surface area contributed by atoms with Crippen LogP contribution in [0.3, 0.4) is 0 Å². The molecule has 7 nitrogen and oxygen atoms in total. The van der Waals surface area contributed by atoms with Crippen molar-refractivity contribution >= 4 is 21.8 Å². The van der Waals surface area contributed by atoms with Crippen molar-refractivity contribution in [3.63, 3.8) is 0 Å². The molecular weight excluding hydrogens is 431 g/mol. The van der Waals surface area contributed by atoms with E-state index in [0.29, 0.717) is 21.9 Å². The van der Waals surface area contributed by atoms with Crippen LogP contribution in [0, 0.1) is 5.82 Å². The van der Waals surface area contributed by atoms with Crippen molar-refractivity contribution in [3.8, 4) is 22.9 Å². The second-order valence-electron chi connectivity index (χ2n) is 5.89. The Hall–Kier alpha value is -2.94. The number of amides is 1. The number of nitrogens with zero attached hydrogens (tertiary/aromatic N) is 2. The van der Waals surface area contributed by atoms with Crippen LogP contribution in [0.2, 0.25) is 0 Å². The van der Waals surface area contributed by atoms with Crippen molar-refractivity contribution in [2.75, 3.05) is 7.11 Å². The van der Waals surface area contributed by atoms with E-state index in [4.69, 9.17) is 9.47 Å². The lowest BCUT2D eigenvalue weighted by Gasteiger charge is -2.15. The predicted octanol–water partition coefficient (Wildman–Crippen LogP) is 3.47. The molecule has 0 fully saturated rings. The maximum Gasteiger partial charge on any atom is 0.261 e. The predicted molar refractivity (Wildman–Crippen MR) is 104 cm³/mol. The molecule has 146 valence electrons. The largest absolute Gasteiger partial charge is 0.497 e. The highest BCUT2D eigenvalue weighted by molar-refractivity contribution is 9.10. The maximum atomic E-state index is 13.1. The molecule has 0 bridgehead atoms. The number of nitrogens with one attached hydrogen (secondary N) is 2. The molecule has 1 amide bonds. The smallest absolute Gasteiger partial charge is 0.261 e. The molecule has 3 aromatic rings. The summed E-state index contributed by atoms with van der Waals surface area (Å²) in [5, 5.41) is 9.67. The van der Waals surface area contributed by atoms with Crippen LogP contribution >= 0.6 is 15.9 Å². The molecule has 1 unspecified atom stereocenters. The third kappa shape index (κ3) is 4.86. The number of aromatic amines is 1. The minimum absolute atomic E-state index is 0.167. The molecule has 9 heteroatoms. The topological polar surface area (TPSA) is 89.1 Å². The summed E-state index contributed by atoms with van der Waals surface area (Å²) in [5.41, 5.74) is 0.826. The minimum Gasteiger partial charge on any atom is -0.497 e. The molecule has 3 rings (SSSR count). The van der Waals surface area contributed by atoms with Crippen molar-refractivity contribution in [3.05, 3.63) is 58.6 Å². The number of aromatic nitrogens is 3. The van der Waals surface area contributed by atoms with Gasteiger partial charge in [-0.3, -0.25) is 9.89 Å². The fraction of sp³-hybridized carbons (Fsp3) is 0.211. The number of carbonyl (C=O) groups excluding carboxylic acids is 1. The molecule has 2 N–H and O–H groups in total. The van der Waals surface area contributed by atoms with Gasteiger partial charge in [0.1, 0.15) is 23.1 Å². The maximum absolute atomic E-state index is 13.1. The first-order valence-corrected chi connectivity index (χ1v) is 9.20. The molecule has 0 aliphatic rings. The molecule has 2 aromatic carbocycles. The van der Waals surface area contributed by atoms with Gasteiger partial charge in [-0.25, -0.2) is 9.37 Å². The van der Waals surface area contributed by atoms with Crippen LogP contribution in [0.4, 0.5) is 4.39 Å². The van der Waals surface area contributed by atoms with Crippen molar-refractivity contribution in [2.45, 2.75) is 19.6 Å². The van der Waals surface area contributed by atoms with Crippen molar-refractivity contribution in [2.24, 2.45) is 0 Å². The van der Waals surface area contributed by atoms with E-state index >= 15 is 0 Å². The van der Waals surface area contributed by atoms with Crippen LogP contribution in [0.1, 0.15) is 12.7 Å². The van der Waals surface area contributed by atoms with E-state index in [1.807, 2.05) is 24.3 Å². The van der Waals surface area contributed by atoms with E-state index < -0.39 is 11.9 Å². The standard InChI is InChI=1S/C19H18BrFN4O3/c1-11(28-16-8-5-13(21)9-15(16)20)19(26)22-10-17-23-18(25-24-17)12-3-6-14(27-2)7-4-12/h3-9,11H,10H2,1-2H3,(H,22,26)(H,23,24,25). The molecule has 0 spiro atoms. The first kappa shape index (κ1) is 19.8. The number of H-pyrrole nitrogens is 1. The van der Waals surface area contributed by atoms with E-state index in [1.165, 1.54) is 18.2 Å². The zero-order valence-electron chi connectivity index (χ0n) is 15.2. The Morgan fingerprint density at radius 1 is 1.29 bits per heavy atom. The molecule has 0 saturated carbocycles. The van der Waals surface area contributed by atoms with Gasteiger partial charge < -0.3 is 14.8 Å². The van der Waals surface area contributed by atoms with Crippen LogP contribution < -0.4 is 14.8 Å². The quantitative estimate of drug-likeness (QED) is 0.577. The van der Waals surface area contributed by atoms with Gasteiger partial charge in [0.15, 0.2) is 11.9 Å². The number of methoxy groups -OCH3 is 1. The lowest BCUT2D eigenvalue weighted by molar-refractivity contribution is -0.127. The zero-order chi connectivity index (χ0) is 20.1. The SMILES string of the molecule is COc1ccc(-c2n[nH]c(CNC(=O)C(C)Oc3ccc(F)cc3Br)n2)cc1. The van der Waals surface area contributed by atoms with Gasteiger partial charge in [0.25, 0.3) is 5.91 Å². The van der Waals surface area contributed by atoms with Crippen LogP contribution in [-0.4, -0.2) is 34.3 Å². The first-order valence-electron chi connectivity index (χ1n) is 8.41. The van der Waals surface area contributed by atoms with Gasteiger partial charge in [-0.2, -0.15) is 5.10 Å². The number of rotatable bonds is 7. The molecular formula is C19H18BrFN4O3. The Kier molecular flexibility index (Phi) is 6.25. The van der Waals surface area contributed by atoms with Gasteiger partial charge >= 0.3 is 0 Å².